The highest BCUT2D eigenvalue weighted by Gasteiger charge is 2.35. The fourth-order valence-electron chi connectivity index (χ4n) is 3.23. The molecule has 1 heterocycles. The predicted molar refractivity (Wildman–Crippen MR) is 94.5 cm³/mol. The summed E-state index contributed by atoms with van der Waals surface area (Å²) in [6.45, 7) is 8.38. The maximum atomic E-state index is 10.8. The lowest BCUT2D eigenvalue weighted by Gasteiger charge is -2.24. The average molecular weight is 324 g/mol. The topological polar surface area (TPSA) is 75.7 Å². The molecule has 0 aliphatic carbocycles. The van der Waals surface area contributed by atoms with Crippen molar-refractivity contribution in [2.24, 2.45) is 4.99 Å². The molecule has 0 atom stereocenters. The standard InChI is InChI=1S/C19H20N2O3/c1-11-5-6-14(17-18(11)20-12(2)19(17,3)4)9-13-7-8-15(21(23)24)10-16(13)22/h5-8,10,22H,9H2,1-4H3. The Hall–Kier alpha value is -2.69. The molecule has 24 heavy (non-hydrogen) atoms. The number of aliphatic imine (C=N–C) groups is 1. The Labute approximate surface area is 140 Å². The molecule has 5 nitrogen and oxygen atoms in total. The summed E-state index contributed by atoms with van der Waals surface area (Å²) in [5.74, 6) is -0.0491. The number of benzene rings is 2. The molecule has 2 aromatic rings. The number of aryl methyl sites for hydroxylation is 1. The molecule has 0 fully saturated rings. The molecule has 0 radical (unpaired) electrons. The molecule has 0 spiro atoms. The van der Waals surface area contributed by atoms with E-state index in [1.54, 1.807) is 6.07 Å². The molecule has 1 N–H and O–H groups in total. The van der Waals surface area contributed by atoms with E-state index in [4.69, 9.17) is 4.99 Å². The fourth-order valence-corrected chi connectivity index (χ4v) is 3.23. The molecule has 0 aromatic heterocycles. The van der Waals surface area contributed by atoms with E-state index in [0.29, 0.717) is 12.0 Å². The first-order valence-corrected chi connectivity index (χ1v) is 7.87. The van der Waals surface area contributed by atoms with Crippen molar-refractivity contribution in [3.63, 3.8) is 0 Å². The number of phenols is 1. The van der Waals surface area contributed by atoms with Crippen molar-refractivity contribution in [1.82, 2.24) is 0 Å². The van der Waals surface area contributed by atoms with Crippen molar-refractivity contribution in [3.05, 3.63) is 62.7 Å². The average Bonchev–Trinajstić information content (AvgIpc) is 2.75. The van der Waals surface area contributed by atoms with Gasteiger partial charge in [0.1, 0.15) is 5.75 Å². The number of aromatic hydroxyl groups is 1. The highest BCUT2D eigenvalue weighted by molar-refractivity contribution is 6.00. The first kappa shape index (κ1) is 16.2. The van der Waals surface area contributed by atoms with Gasteiger partial charge in [0.2, 0.25) is 0 Å². The largest absolute Gasteiger partial charge is 0.507 e. The van der Waals surface area contributed by atoms with Gasteiger partial charge in [-0.05, 0) is 42.2 Å². The third kappa shape index (κ3) is 2.46. The van der Waals surface area contributed by atoms with Crippen molar-refractivity contribution in [2.75, 3.05) is 0 Å². The van der Waals surface area contributed by atoms with Crippen LogP contribution in [-0.4, -0.2) is 15.7 Å². The van der Waals surface area contributed by atoms with Gasteiger partial charge in [-0.1, -0.05) is 26.0 Å². The van der Waals surface area contributed by atoms with Crippen LogP contribution in [-0.2, 0) is 11.8 Å². The summed E-state index contributed by atoms with van der Waals surface area (Å²) in [5, 5.41) is 21.0. The van der Waals surface area contributed by atoms with Gasteiger partial charge in [-0.15, -0.1) is 0 Å². The molecule has 124 valence electrons. The minimum absolute atomic E-state index is 0.0491. The van der Waals surface area contributed by atoms with Gasteiger partial charge < -0.3 is 5.11 Å². The van der Waals surface area contributed by atoms with E-state index in [-0.39, 0.29) is 16.9 Å². The van der Waals surface area contributed by atoms with Gasteiger partial charge in [0.15, 0.2) is 0 Å². The summed E-state index contributed by atoms with van der Waals surface area (Å²) in [6.07, 6.45) is 0.513. The number of nitro groups is 1. The Morgan fingerprint density at radius 3 is 2.46 bits per heavy atom. The van der Waals surface area contributed by atoms with Crippen LogP contribution in [0.2, 0.25) is 0 Å². The first-order valence-electron chi connectivity index (χ1n) is 7.87. The molecule has 0 unspecified atom stereocenters. The number of nitro benzene ring substituents is 1. The smallest absolute Gasteiger partial charge is 0.273 e. The minimum Gasteiger partial charge on any atom is -0.507 e. The second kappa shape index (κ2) is 5.44. The molecule has 0 bridgehead atoms. The predicted octanol–water partition coefficient (Wildman–Crippen LogP) is 4.58. The van der Waals surface area contributed by atoms with Crippen LogP contribution in [0.4, 0.5) is 11.4 Å². The Balaban J connectivity index is 2.06. The van der Waals surface area contributed by atoms with E-state index in [1.165, 1.54) is 17.7 Å². The van der Waals surface area contributed by atoms with E-state index in [1.807, 2.05) is 19.9 Å². The van der Waals surface area contributed by atoms with Gasteiger partial charge in [-0.3, -0.25) is 15.1 Å². The second-order valence-corrected chi connectivity index (χ2v) is 6.83. The van der Waals surface area contributed by atoms with E-state index < -0.39 is 4.92 Å². The van der Waals surface area contributed by atoms with Gasteiger partial charge in [0.05, 0.1) is 16.7 Å². The van der Waals surface area contributed by atoms with Gasteiger partial charge in [0, 0.05) is 23.6 Å². The number of nitrogens with zero attached hydrogens (tertiary/aromatic N) is 2. The SMILES string of the molecule is CC1=Nc2c(C)ccc(Cc3ccc([N+](=O)[O-])cc3O)c2C1(C)C. The highest BCUT2D eigenvalue weighted by Crippen LogP contribution is 2.44. The van der Waals surface area contributed by atoms with Crippen LogP contribution in [0.3, 0.4) is 0 Å². The zero-order chi connectivity index (χ0) is 17.6. The van der Waals surface area contributed by atoms with E-state index in [9.17, 15) is 15.2 Å². The molecule has 1 aliphatic rings. The van der Waals surface area contributed by atoms with Crippen molar-refractivity contribution in [1.29, 1.82) is 0 Å². The first-order chi connectivity index (χ1) is 11.2. The molecule has 0 saturated heterocycles. The van der Waals surface area contributed by atoms with Crippen LogP contribution in [0.15, 0.2) is 35.3 Å². The zero-order valence-corrected chi connectivity index (χ0v) is 14.3. The zero-order valence-electron chi connectivity index (χ0n) is 14.3. The Bertz CT molecular complexity index is 882. The van der Waals surface area contributed by atoms with Crippen LogP contribution in [0.25, 0.3) is 0 Å². The summed E-state index contributed by atoms with van der Waals surface area (Å²) in [5.41, 5.74) is 5.89. The quantitative estimate of drug-likeness (QED) is 0.663. The molecule has 0 saturated carbocycles. The van der Waals surface area contributed by atoms with Crippen LogP contribution in [0, 0.1) is 17.0 Å². The summed E-state index contributed by atoms with van der Waals surface area (Å²) < 4.78 is 0. The van der Waals surface area contributed by atoms with E-state index in [2.05, 4.69) is 19.9 Å². The summed E-state index contributed by atoms with van der Waals surface area (Å²) >= 11 is 0. The van der Waals surface area contributed by atoms with E-state index >= 15 is 0 Å². The van der Waals surface area contributed by atoms with Gasteiger partial charge in [0.25, 0.3) is 5.69 Å². The monoisotopic (exact) mass is 324 g/mol. The number of hydrogen-bond acceptors (Lipinski definition) is 4. The molecule has 5 heteroatoms. The lowest BCUT2D eigenvalue weighted by Crippen LogP contribution is -2.24. The molecule has 3 rings (SSSR count). The van der Waals surface area contributed by atoms with Crippen LogP contribution >= 0.6 is 0 Å². The van der Waals surface area contributed by atoms with Crippen molar-refractivity contribution in [2.45, 2.75) is 39.5 Å². The summed E-state index contributed by atoms with van der Waals surface area (Å²) in [7, 11) is 0. The third-order valence-electron chi connectivity index (χ3n) is 4.94. The number of rotatable bonds is 3. The molecular weight excluding hydrogens is 304 g/mol. The van der Waals surface area contributed by atoms with Crippen LogP contribution in [0.1, 0.15) is 43.0 Å². The molecule has 2 aromatic carbocycles. The van der Waals surface area contributed by atoms with E-state index in [0.717, 1.165) is 22.5 Å². The van der Waals surface area contributed by atoms with Crippen LogP contribution in [0.5, 0.6) is 5.75 Å². The van der Waals surface area contributed by atoms with Gasteiger partial charge >= 0.3 is 0 Å². The number of non-ortho nitro benzene ring substituents is 1. The maximum absolute atomic E-state index is 10.8. The van der Waals surface area contributed by atoms with Gasteiger partial charge in [-0.2, -0.15) is 0 Å². The lowest BCUT2D eigenvalue weighted by atomic mass is 9.78. The molecule has 0 amide bonds. The number of fused-ring (bicyclic) bond motifs is 1. The maximum Gasteiger partial charge on any atom is 0.273 e. The van der Waals surface area contributed by atoms with Crippen molar-refractivity contribution in [3.8, 4) is 5.75 Å². The van der Waals surface area contributed by atoms with Gasteiger partial charge in [-0.25, -0.2) is 0 Å². The Morgan fingerprint density at radius 2 is 1.83 bits per heavy atom. The number of phenolic OH excluding ortho intramolecular Hbond substituents is 1. The second-order valence-electron chi connectivity index (χ2n) is 6.83. The normalized spacial score (nSPS) is 15.1. The highest BCUT2D eigenvalue weighted by atomic mass is 16.6. The summed E-state index contributed by atoms with van der Waals surface area (Å²) in [4.78, 5) is 15.0. The Morgan fingerprint density at radius 1 is 1.17 bits per heavy atom. The third-order valence-corrected chi connectivity index (χ3v) is 4.94. The fraction of sp³-hybridized carbons (Fsp3) is 0.316. The lowest BCUT2D eigenvalue weighted by molar-refractivity contribution is -0.384. The minimum atomic E-state index is -0.507. The van der Waals surface area contributed by atoms with Crippen LogP contribution < -0.4 is 0 Å². The number of hydrogen-bond donors (Lipinski definition) is 1. The van der Waals surface area contributed by atoms with Crippen molar-refractivity contribution >= 4 is 17.1 Å². The van der Waals surface area contributed by atoms with Crippen molar-refractivity contribution < 1.29 is 10.0 Å². The molecular formula is C19H20N2O3. The molecule has 1 aliphatic heterocycles. The summed E-state index contributed by atoms with van der Waals surface area (Å²) in [6, 6.07) is 8.35. The Kier molecular flexibility index (Phi) is 3.67.